The average Bonchev–Trinajstić information content (AvgIpc) is 3.48. The minimum Gasteiger partial charge on any atom is -0.439 e. The molecule has 0 spiro atoms. The van der Waals surface area contributed by atoms with Crippen LogP contribution in [-0.2, 0) is 19.9 Å². The first kappa shape index (κ1) is 32.9. The van der Waals surface area contributed by atoms with Crippen molar-refractivity contribution in [1.82, 2.24) is 0 Å². The van der Waals surface area contributed by atoms with Crippen molar-refractivity contribution >= 4 is 22.9 Å². The smallest absolute Gasteiger partial charge is 0.374 e. The van der Waals surface area contributed by atoms with E-state index in [1.54, 1.807) is 0 Å². The Morgan fingerprint density at radius 1 is 0.767 bits per heavy atom. The van der Waals surface area contributed by atoms with Crippen molar-refractivity contribution in [3.05, 3.63) is 69.9 Å². The van der Waals surface area contributed by atoms with Crippen LogP contribution >= 0.6 is 0 Å². The lowest BCUT2D eigenvalue weighted by Gasteiger charge is -2.17. The van der Waals surface area contributed by atoms with Crippen molar-refractivity contribution in [1.29, 1.82) is 0 Å². The first-order chi connectivity index (χ1) is 20.9. The Kier molecular flexibility index (Phi) is 12.4. The molecule has 0 aliphatic carbocycles. The van der Waals surface area contributed by atoms with Gasteiger partial charge in [-0.25, -0.2) is 0 Å². The molecule has 1 aromatic heterocycles. The lowest BCUT2D eigenvalue weighted by atomic mass is 9.99. The zero-order chi connectivity index (χ0) is 30.8. The van der Waals surface area contributed by atoms with Gasteiger partial charge in [-0.3, -0.25) is 0 Å². The highest BCUT2D eigenvalue weighted by atomic mass is 16.5. The molecule has 43 heavy (non-hydrogen) atoms. The van der Waals surface area contributed by atoms with E-state index in [0.717, 1.165) is 48.8 Å². The van der Waals surface area contributed by atoms with Crippen LogP contribution in [0.25, 0.3) is 17.2 Å². The predicted molar refractivity (Wildman–Crippen MR) is 183 cm³/mol. The minimum absolute atomic E-state index is 0.906. The SMILES string of the molecule is CCCCCCC(=Cc1oc2ccc(C)c(CCCCCC)c2[n+]1C)C=C1Oc2ccc(C)c(CCCCCC)c2N1C. The van der Waals surface area contributed by atoms with Crippen LogP contribution in [0.4, 0.5) is 5.69 Å². The largest absolute Gasteiger partial charge is 0.439 e. The number of nitrogens with zero attached hydrogens (tertiary/aromatic N) is 2. The second-order valence-corrected chi connectivity index (χ2v) is 12.7. The van der Waals surface area contributed by atoms with E-state index in [0.29, 0.717) is 0 Å². The van der Waals surface area contributed by atoms with E-state index in [2.05, 4.69) is 94.6 Å². The Morgan fingerprint density at radius 2 is 1.37 bits per heavy atom. The molecule has 0 radical (unpaired) electrons. The van der Waals surface area contributed by atoms with Crippen LogP contribution in [0.2, 0.25) is 0 Å². The quantitative estimate of drug-likeness (QED) is 0.117. The first-order valence-electron chi connectivity index (χ1n) is 17.3. The van der Waals surface area contributed by atoms with Crippen molar-refractivity contribution in [3.63, 3.8) is 0 Å². The van der Waals surface area contributed by atoms with Gasteiger partial charge in [0.05, 0.1) is 11.8 Å². The summed E-state index contributed by atoms with van der Waals surface area (Å²) in [5.74, 6) is 2.79. The number of aromatic nitrogens is 1. The Hall–Kier alpha value is -3.01. The molecule has 2 aromatic carbocycles. The summed E-state index contributed by atoms with van der Waals surface area (Å²) in [4.78, 5) is 2.27. The summed E-state index contributed by atoms with van der Waals surface area (Å²) in [7, 11) is 4.33. The number of aryl methyl sites for hydroxylation is 4. The van der Waals surface area contributed by atoms with Crippen LogP contribution in [-0.4, -0.2) is 7.05 Å². The first-order valence-corrected chi connectivity index (χ1v) is 17.3. The summed E-state index contributed by atoms with van der Waals surface area (Å²) in [6.07, 6.45) is 22.8. The zero-order valence-corrected chi connectivity index (χ0v) is 28.3. The number of rotatable bonds is 17. The highest BCUT2D eigenvalue weighted by Crippen LogP contribution is 2.43. The van der Waals surface area contributed by atoms with Crippen LogP contribution in [0, 0.1) is 13.8 Å². The van der Waals surface area contributed by atoms with Gasteiger partial charge in [0.15, 0.2) is 5.75 Å². The van der Waals surface area contributed by atoms with Gasteiger partial charge in [-0.1, -0.05) is 90.7 Å². The third kappa shape index (κ3) is 8.13. The van der Waals surface area contributed by atoms with E-state index in [9.17, 15) is 0 Å². The molecule has 0 amide bonds. The lowest BCUT2D eigenvalue weighted by Crippen LogP contribution is -2.30. The Bertz CT molecular complexity index is 1410. The van der Waals surface area contributed by atoms with Gasteiger partial charge in [0.2, 0.25) is 11.5 Å². The zero-order valence-electron chi connectivity index (χ0n) is 28.3. The van der Waals surface area contributed by atoms with E-state index < -0.39 is 0 Å². The molecule has 3 aromatic rings. The molecule has 0 N–H and O–H groups in total. The molecule has 0 saturated carbocycles. The van der Waals surface area contributed by atoms with Crippen LogP contribution in [0.15, 0.2) is 46.2 Å². The summed E-state index contributed by atoms with van der Waals surface area (Å²) in [6.45, 7) is 11.3. The van der Waals surface area contributed by atoms with E-state index in [-0.39, 0.29) is 0 Å². The standard InChI is InChI=1S/C39H57N2O2/c1-8-11-14-17-20-31(27-36-40(6)38-32(21-18-15-12-9-2)29(4)23-25-34(38)42-36)28-37-41(7)39-33(22-19-16-13-10-3)30(5)24-26-35(39)43-37/h23-28H,8-22H2,1-7H3/q+1. The molecule has 0 bridgehead atoms. The molecule has 0 atom stereocenters. The third-order valence-corrected chi connectivity index (χ3v) is 9.22. The molecule has 0 fully saturated rings. The van der Waals surface area contributed by atoms with Gasteiger partial charge in [-0.05, 0) is 86.8 Å². The van der Waals surface area contributed by atoms with Gasteiger partial charge >= 0.3 is 5.89 Å². The second kappa shape index (κ2) is 16.2. The number of anilines is 1. The highest BCUT2D eigenvalue weighted by molar-refractivity contribution is 5.76. The number of hydrogen-bond donors (Lipinski definition) is 0. The van der Waals surface area contributed by atoms with Crippen LogP contribution in [0.5, 0.6) is 5.75 Å². The number of hydrogen-bond acceptors (Lipinski definition) is 3. The molecule has 4 nitrogen and oxygen atoms in total. The van der Waals surface area contributed by atoms with Crippen molar-refractivity contribution < 1.29 is 13.7 Å². The van der Waals surface area contributed by atoms with Gasteiger partial charge in [0.25, 0.3) is 5.52 Å². The fraction of sp³-hybridized carbons (Fsp3) is 0.564. The van der Waals surface area contributed by atoms with E-state index in [1.165, 1.54) is 110 Å². The van der Waals surface area contributed by atoms with Gasteiger partial charge in [0, 0.05) is 18.7 Å². The van der Waals surface area contributed by atoms with Crippen LogP contribution in [0.1, 0.15) is 132 Å². The van der Waals surface area contributed by atoms with E-state index in [1.807, 2.05) is 0 Å². The molecule has 0 unspecified atom stereocenters. The molecule has 2 heterocycles. The minimum atomic E-state index is 0.906. The number of benzene rings is 2. The number of fused-ring (bicyclic) bond motifs is 2. The molecule has 234 valence electrons. The molecule has 4 heteroatoms. The normalized spacial score (nSPS) is 14.3. The Morgan fingerprint density at radius 3 is 2.05 bits per heavy atom. The number of unbranched alkanes of at least 4 members (excludes halogenated alkanes) is 9. The fourth-order valence-corrected chi connectivity index (χ4v) is 6.51. The maximum Gasteiger partial charge on any atom is 0.374 e. The van der Waals surface area contributed by atoms with Gasteiger partial charge in [-0.2, -0.15) is 4.57 Å². The lowest BCUT2D eigenvalue weighted by molar-refractivity contribution is -0.652. The summed E-state index contributed by atoms with van der Waals surface area (Å²) in [6, 6.07) is 8.74. The predicted octanol–water partition coefficient (Wildman–Crippen LogP) is 10.8. The molecular formula is C39H57N2O2+. The third-order valence-electron chi connectivity index (χ3n) is 9.22. The van der Waals surface area contributed by atoms with Crippen LogP contribution in [0.3, 0.4) is 0 Å². The van der Waals surface area contributed by atoms with Gasteiger partial charge < -0.3 is 14.1 Å². The molecular weight excluding hydrogens is 528 g/mol. The maximum atomic E-state index is 6.53. The van der Waals surface area contributed by atoms with E-state index in [4.69, 9.17) is 9.15 Å². The van der Waals surface area contributed by atoms with Crippen LogP contribution < -0.4 is 14.2 Å². The molecule has 4 rings (SSSR count). The summed E-state index contributed by atoms with van der Waals surface area (Å²) >= 11 is 0. The summed E-state index contributed by atoms with van der Waals surface area (Å²) < 4.78 is 15.3. The van der Waals surface area contributed by atoms with Crippen molar-refractivity contribution in [2.24, 2.45) is 7.05 Å². The van der Waals surface area contributed by atoms with E-state index >= 15 is 0 Å². The average molecular weight is 586 g/mol. The topological polar surface area (TPSA) is 29.5 Å². The number of allylic oxidation sites excluding steroid dienone is 2. The summed E-state index contributed by atoms with van der Waals surface area (Å²) in [5.41, 5.74) is 10.3. The maximum absolute atomic E-state index is 6.53. The van der Waals surface area contributed by atoms with Gasteiger partial charge in [0.1, 0.15) is 7.05 Å². The van der Waals surface area contributed by atoms with Crippen molar-refractivity contribution in [3.8, 4) is 5.75 Å². The monoisotopic (exact) mass is 585 g/mol. The molecule has 1 aliphatic heterocycles. The van der Waals surface area contributed by atoms with Crippen molar-refractivity contribution in [2.45, 2.75) is 131 Å². The second-order valence-electron chi connectivity index (χ2n) is 12.7. The fourth-order valence-electron chi connectivity index (χ4n) is 6.51. The Balaban J connectivity index is 1.67. The van der Waals surface area contributed by atoms with Gasteiger partial charge in [-0.15, -0.1) is 0 Å². The van der Waals surface area contributed by atoms with Crippen molar-refractivity contribution in [2.75, 3.05) is 11.9 Å². The number of ether oxygens (including phenoxy) is 1. The molecule has 1 aliphatic rings. The Labute approximate surface area is 261 Å². The highest BCUT2D eigenvalue weighted by Gasteiger charge is 2.28. The number of oxazole rings is 1. The summed E-state index contributed by atoms with van der Waals surface area (Å²) in [5, 5.41) is 0. The molecule has 0 saturated heterocycles.